The van der Waals surface area contributed by atoms with Crippen LogP contribution >= 0.6 is 57.1 Å². The van der Waals surface area contributed by atoms with Crippen molar-refractivity contribution in [3.63, 3.8) is 0 Å². The summed E-state index contributed by atoms with van der Waals surface area (Å²) in [5.41, 5.74) is 12.6. The van der Waals surface area contributed by atoms with Gasteiger partial charge < -0.3 is 29.6 Å². The number of hydrogen-bond acceptors (Lipinski definition) is 21. The molecule has 4 N–H and O–H groups in total. The lowest BCUT2D eigenvalue weighted by molar-refractivity contribution is -0.122. The lowest BCUT2D eigenvalue weighted by Crippen LogP contribution is -2.28. The number of amides is 1. The maximum Gasteiger partial charge on any atom is 0.267 e. The van der Waals surface area contributed by atoms with Crippen LogP contribution in [-0.4, -0.2) is 61.8 Å². The van der Waals surface area contributed by atoms with Gasteiger partial charge in [0, 0.05) is 53.6 Å². The third-order valence-electron chi connectivity index (χ3n) is 23.0. The molecule has 26 heteroatoms. The Bertz CT molecular complexity index is 8780. The number of carbonyl (C=O) groups is 1. The molecule has 708 valence electrons. The van der Waals surface area contributed by atoms with E-state index in [4.69, 9.17) is 34.1 Å². The van der Waals surface area contributed by atoms with Crippen LogP contribution in [0.4, 0.5) is 28.4 Å². The van der Waals surface area contributed by atoms with Crippen molar-refractivity contribution in [1.82, 2.24) is 23.2 Å². The van der Waals surface area contributed by atoms with Crippen molar-refractivity contribution in [2.75, 3.05) is 7.11 Å². The van der Waals surface area contributed by atoms with Gasteiger partial charge in [0.15, 0.2) is 24.4 Å². The minimum atomic E-state index is -0.0117. The van der Waals surface area contributed by atoms with Crippen LogP contribution in [0.1, 0.15) is 84.0 Å². The minimum absolute atomic E-state index is 0.0117. The zero-order chi connectivity index (χ0) is 98.3. The van der Waals surface area contributed by atoms with E-state index in [9.17, 15) is 25.2 Å². The fourth-order valence-corrected chi connectivity index (χ4v) is 20.8. The number of aromatic nitrogens is 4. The number of para-hydroxylation sites is 5. The van der Waals surface area contributed by atoms with E-state index in [-0.39, 0.29) is 29.4 Å². The zero-order valence-corrected chi connectivity index (χ0v) is 82.2. The van der Waals surface area contributed by atoms with Crippen LogP contribution in [0.25, 0.3) is 60.4 Å². The van der Waals surface area contributed by atoms with E-state index in [1.54, 1.807) is 39.8 Å². The molecule has 5 aliphatic rings. The number of ether oxygens (including phenoxy) is 1. The number of nitrogens with zero attached hydrogens (tertiary/aromatic N) is 14. The van der Waals surface area contributed by atoms with Crippen LogP contribution in [0.5, 0.6) is 29.3 Å². The Labute approximate surface area is 848 Å². The van der Waals surface area contributed by atoms with Gasteiger partial charge in [-0.25, -0.2) is 25.0 Å². The summed E-state index contributed by atoms with van der Waals surface area (Å²) in [6.07, 6.45) is 28.7. The van der Waals surface area contributed by atoms with Gasteiger partial charge in [-0.1, -0.05) is 265 Å². The van der Waals surface area contributed by atoms with Crippen molar-refractivity contribution in [3.8, 4) is 35.0 Å². The first-order valence-corrected chi connectivity index (χ1v) is 50.6. The van der Waals surface area contributed by atoms with Crippen molar-refractivity contribution >= 4 is 151 Å². The standard InChI is InChI=1S/C25H19N3O2S.C25H19N3OS.C23H17N3O2S.C23H18N2OS.C22H21N3OS/c1-30-21-10-8-20(9-11-21)28-24(29)23(31-25(28)27-19-5-3-2-4-6-19)16-17-7-12-22-18(15-17)13-14-26-22;29-24-23(16-19-11-12-22-20(15-19)13-14-26-22)30-25(27-21-9-5-2-6-10-21)28(24)17-18-7-3-1-4-8-18;27-22-21(14-16-8-9-20-17(13-16)10-11-24-20)29-23(25-18-5-2-1-3-6-18)26(22)15-19-7-4-12-28-19;26-22-21(16-18-10-4-1-5-11-18)27-23(24-20-14-8-3-9-15-20)25(22)17-19-12-6-2-7-13-19;1-2-3-13-25-21(26)20(27-22(25)24-18-7-5-4-6-8-18)15-16-9-10-19-17(14-16)11-12-23-19/h2-16,29H,1H3;1-16,29H,17H2;1-14,27H,15H2;1-16H,17H2;4-12,14-15,26H,2-3,13H2,1H3/b;;;21-16-,24-23?;. The molecule has 5 aliphatic heterocycles. The maximum absolute atomic E-state index is 13.1. The normalized spacial score (nSPS) is 14.2. The summed E-state index contributed by atoms with van der Waals surface area (Å²) >= 11 is 7.28. The Morgan fingerprint density at radius 3 is 1.11 bits per heavy atom. The number of carbonyl (C=O) groups excluding carboxylic acids is 1. The molecule has 5 aromatic heterocycles. The molecule has 144 heavy (non-hydrogen) atoms. The fourth-order valence-electron chi connectivity index (χ4n) is 15.8. The highest BCUT2D eigenvalue weighted by Crippen LogP contribution is 2.37. The number of thiazole rings is 4. The molecule has 1 saturated heterocycles. The van der Waals surface area contributed by atoms with Gasteiger partial charge >= 0.3 is 0 Å². The van der Waals surface area contributed by atoms with Crippen molar-refractivity contribution in [1.29, 1.82) is 0 Å². The molecular formula is C118H94N14O7S5. The SMILES string of the molecule is CCCCn1c(O)c(C=c2ccc3c(c2)C=CN=3)sc1=Nc1ccccc1.COc1ccc(-n2c(O)c(C=c3ccc4c(c3)C=CN=4)sc2=Nc2ccccc2)cc1.O=C1/C(=C/c2ccccc2)SC(=Nc2ccccc2)N1Cc1ccccc1.Oc1c(C=c2ccc3c(c2)C=CN=3)sc(=Nc2ccccc2)n1Cc1ccccc1.Oc1c(C=c2ccc3c(c2)C=CN=3)sc(=Nc2ccccc2)n1Cc1ccco1. The Hall–Kier alpha value is -17.3. The van der Waals surface area contributed by atoms with E-state index in [0.717, 1.165) is 175 Å². The predicted molar refractivity (Wildman–Crippen MR) is 581 cm³/mol. The molecule has 0 saturated carbocycles. The number of aliphatic imine (C=N–C) groups is 1. The number of fused-ring (bicyclic) bond motifs is 4. The summed E-state index contributed by atoms with van der Waals surface area (Å²) in [6.45, 7) is 4.36. The number of furan rings is 1. The number of hydrogen-bond donors (Lipinski definition) is 4. The van der Waals surface area contributed by atoms with Crippen molar-refractivity contribution in [3.05, 3.63) is 514 Å². The quantitative estimate of drug-likeness (QED) is 0.0502. The third kappa shape index (κ3) is 24.1. The van der Waals surface area contributed by atoms with Gasteiger partial charge in [-0.05, 0) is 256 Å². The van der Waals surface area contributed by atoms with Crippen LogP contribution in [0.2, 0.25) is 0 Å². The van der Waals surface area contributed by atoms with Gasteiger partial charge in [-0.2, -0.15) is 0 Å². The Morgan fingerprint density at radius 1 is 0.361 bits per heavy atom. The van der Waals surface area contributed by atoms with Crippen molar-refractivity contribution in [2.24, 2.45) is 44.9 Å². The van der Waals surface area contributed by atoms with Crippen molar-refractivity contribution < 1.29 is 34.4 Å². The molecule has 0 unspecified atom stereocenters. The number of unbranched alkanes of at least 4 members (excludes halogenated alkanes) is 1. The summed E-state index contributed by atoms with van der Waals surface area (Å²) in [7, 11) is 1.63. The van der Waals surface area contributed by atoms with Crippen LogP contribution in [0, 0.1) is 0 Å². The van der Waals surface area contributed by atoms with E-state index in [1.165, 1.54) is 57.1 Å². The van der Waals surface area contributed by atoms with Crippen molar-refractivity contribution in [2.45, 2.75) is 45.9 Å². The van der Waals surface area contributed by atoms with Gasteiger partial charge in [0.25, 0.3) is 5.91 Å². The predicted octanol–water partition coefficient (Wildman–Crippen LogP) is 20.7. The summed E-state index contributed by atoms with van der Waals surface area (Å²) in [5.74, 6) is 2.31. The maximum atomic E-state index is 13.1. The molecule has 10 heterocycles. The van der Waals surface area contributed by atoms with E-state index in [2.05, 4.69) is 63.3 Å². The smallest absolute Gasteiger partial charge is 0.267 e. The number of methoxy groups -OCH3 is 1. The van der Waals surface area contributed by atoms with Gasteiger partial charge in [0.1, 0.15) is 11.5 Å². The number of benzene rings is 13. The number of thioether (sulfide) groups is 1. The van der Waals surface area contributed by atoms with Crippen LogP contribution in [0.15, 0.2) is 437 Å². The van der Waals surface area contributed by atoms with E-state index in [1.807, 2.05) is 392 Å². The highest BCUT2D eigenvalue weighted by atomic mass is 32.2. The molecule has 0 spiro atoms. The highest BCUT2D eigenvalue weighted by molar-refractivity contribution is 8.18. The van der Waals surface area contributed by atoms with Crippen LogP contribution in [-0.2, 0) is 31.0 Å². The first-order chi connectivity index (χ1) is 70.8. The average molecular weight is 1980 g/mol. The van der Waals surface area contributed by atoms with Crippen LogP contribution in [0.3, 0.4) is 0 Å². The Kier molecular flexibility index (Phi) is 30.7. The van der Waals surface area contributed by atoms with E-state index >= 15 is 0 Å². The molecule has 0 aliphatic carbocycles. The largest absolute Gasteiger partial charge is 0.497 e. The lowest BCUT2D eigenvalue weighted by atomic mass is 10.2. The van der Waals surface area contributed by atoms with Gasteiger partial charge in [0.05, 0.1) is 113 Å². The zero-order valence-electron chi connectivity index (χ0n) is 78.1. The fraction of sp³-hybridized carbons (Fsp3) is 0.0678. The topological polar surface area (TPSA) is 255 Å². The molecule has 1 fully saturated rings. The van der Waals surface area contributed by atoms with E-state index < -0.39 is 0 Å². The summed E-state index contributed by atoms with van der Waals surface area (Å²) in [4.78, 5) is 62.5. The summed E-state index contributed by atoms with van der Waals surface area (Å²) in [5, 5.41) is 52.6. The lowest BCUT2D eigenvalue weighted by Gasteiger charge is -2.15. The molecule has 18 aromatic rings. The molecule has 0 atom stereocenters. The summed E-state index contributed by atoms with van der Waals surface area (Å²) in [6, 6.07) is 114. The third-order valence-corrected chi connectivity index (χ3v) is 28.1. The van der Waals surface area contributed by atoms with Crippen LogP contribution < -0.4 is 66.2 Å². The second kappa shape index (κ2) is 46.2. The number of amidine groups is 1. The number of aromatic hydroxyl groups is 4. The average Bonchev–Trinajstić information content (AvgIpc) is 1.64. The molecule has 23 rings (SSSR count). The van der Waals surface area contributed by atoms with E-state index in [0.29, 0.717) is 39.3 Å². The molecule has 13 aromatic carbocycles. The minimum Gasteiger partial charge on any atom is -0.497 e. The van der Waals surface area contributed by atoms with Gasteiger partial charge in [-0.15, -0.1) is 0 Å². The second-order valence-corrected chi connectivity index (χ2v) is 38.2. The second-order valence-electron chi connectivity index (χ2n) is 33.1. The monoisotopic (exact) mass is 1980 g/mol. The van der Waals surface area contributed by atoms with Gasteiger partial charge in [0.2, 0.25) is 23.5 Å². The first-order valence-electron chi connectivity index (χ1n) is 46.5. The molecule has 0 bridgehead atoms. The Morgan fingerprint density at radius 2 is 0.715 bits per heavy atom. The molecular weight excluding hydrogens is 1890 g/mol. The summed E-state index contributed by atoms with van der Waals surface area (Å²) < 4.78 is 18.0. The molecule has 21 nitrogen and oxygen atoms in total. The molecule has 1 amide bonds. The Balaban J connectivity index is 0.000000114. The number of rotatable bonds is 21. The van der Waals surface area contributed by atoms with Gasteiger partial charge in [-0.3, -0.25) is 47.9 Å². The molecule has 0 radical (unpaired) electrons. The highest BCUT2D eigenvalue weighted by Gasteiger charge is 2.34. The first kappa shape index (κ1) is 95.6.